The van der Waals surface area contributed by atoms with E-state index in [4.69, 9.17) is 0 Å². The Morgan fingerprint density at radius 2 is 2.27 bits per heavy atom. The molecule has 1 aliphatic carbocycles. The van der Waals surface area contributed by atoms with E-state index in [0.717, 1.165) is 18.5 Å². The molecule has 1 rings (SSSR count). The molecule has 11 heavy (non-hydrogen) atoms. The lowest BCUT2D eigenvalue weighted by Crippen LogP contribution is -2.43. The molecule has 0 heterocycles. The Morgan fingerprint density at radius 1 is 1.45 bits per heavy atom. The minimum absolute atomic E-state index is 0.765. The Kier molecular flexibility index (Phi) is 3.45. The number of hydrogen-bond acceptors (Lipinski definition) is 1. The molecule has 0 aromatic carbocycles. The maximum Gasteiger partial charge on any atom is 0.0578 e. The van der Waals surface area contributed by atoms with Crippen molar-refractivity contribution in [3.63, 3.8) is 0 Å². The molecule has 0 radical (unpaired) electrons. The smallest absolute Gasteiger partial charge is 0.0578 e. The summed E-state index contributed by atoms with van der Waals surface area (Å²) >= 11 is 0. The van der Waals surface area contributed by atoms with Crippen LogP contribution in [0.2, 0.25) is 0 Å². The van der Waals surface area contributed by atoms with E-state index in [0.29, 0.717) is 0 Å². The molecular weight excluding hydrogens is 134 g/mol. The molecule has 1 nitrogen and oxygen atoms in total. The minimum Gasteiger partial charge on any atom is -0.303 e. The van der Waals surface area contributed by atoms with E-state index in [1.54, 1.807) is 0 Å². The molecule has 1 fully saturated rings. The van der Waals surface area contributed by atoms with Gasteiger partial charge in [-0.15, -0.1) is 5.92 Å². The van der Waals surface area contributed by atoms with Crippen LogP contribution < -0.4 is 5.32 Å². The average molecular weight is 151 g/mol. The van der Waals surface area contributed by atoms with Crippen molar-refractivity contribution in [1.29, 1.82) is 0 Å². The van der Waals surface area contributed by atoms with Crippen molar-refractivity contribution in [2.24, 2.45) is 5.92 Å². The molecule has 0 spiro atoms. The van der Waals surface area contributed by atoms with Crippen molar-refractivity contribution in [1.82, 2.24) is 5.32 Å². The Labute approximate surface area is 69.6 Å². The number of rotatable bonds is 3. The first-order valence-electron chi connectivity index (χ1n) is 4.51. The summed E-state index contributed by atoms with van der Waals surface area (Å²) in [5, 5.41) is 3.45. The van der Waals surface area contributed by atoms with Gasteiger partial charge in [-0.3, -0.25) is 0 Å². The van der Waals surface area contributed by atoms with Gasteiger partial charge in [0.2, 0.25) is 0 Å². The van der Waals surface area contributed by atoms with Gasteiger partial charge in [0.05, 0.1) is 6.54 Å². The highest BCUT2D eigenvalue weighted by atomic mass is 14.9. The monoisotopic (exact) mass is 151 g/mol. The zero-order valence-electron chi connectivity index (χ0n) is 7.48. The Morgan fingerprint density at radius 3 is 2.73 bits per heavy atom. The van der Waals surface area contributed by atoms with Crippen LogP contribution in [0, 0.1) is 17.8 Å². The van der Waals surface area contributed by atoms with E-state index in [1.807, 2.05) is 6.92 Å². The molecular formula is C10H17N. The molecule has 0 amide bonds. The van der Waals surface area contributed by atoms with Crippen molar-refractivity contribution in [3.8, 4) is 11.8 Å². The second-order valence-electron chi connectivity index (χ2n) is 3.16. The Bertz CT molecular complexity index is 161. The number of nitrogens with one attached hydrogen (secondary N) is 1. The van der Waals surface area contributed by atoms with E-state index in [-0.39, 0.29) is 0 Å². The normalized spacial score (nSPS) is 28.5. The maximum absolute atomic E-state index is 3.45. The Balaban J connectivity index is 2.10. The summed E-state index contributed by atoms with van der Waals surface area (Å²) in [5.74, 6) is 6.85. The van der Waals surface area contributed by atoms with Crippen LogP contribution in [0.25, 0.3) is 0 Å². The largest absolute Gasteiger partial charge is 0.303 e. The molecule has 2 unspecified atom stereocenters. The van der Waals surface area contributed by atoms with Crippen LogP contribution >= 0.6 is 0 Å². The van der Waals surface area contributed by atoms with Gasteiger partial charge in [-0.05, 0) is 25.7 Å². The van der Waals surface area contributed by atoms with Gasteiger partial charge in [0, 0.05) is 6.04 Å². The lowest BCUT2D eigenvalue weighted by atomic mass is 9.78. The topological polar surface area (TPSA) is 12.0 Å². The minimum atomic E-state index is 0.765. The third kappa shape index (κ3) is 2.24. The van der Waals surface area contributed by atoms with Crippen molar-refractivity contribution >= 4 is 0 Å². The van der Waals surface area contributed by atoms with E-state index in [1.165, 1.54) is 19.3 Å². The first-order chi connectivity index (χ1) is 5.38. The maximum atomic E-state index is 3.45. The fourth-order valence-corrected chi connectivity index (χ4v) is 1.60. The molecule has 1 saturated carbocycles. The molecule has 2 atom stereocenters. The van der Waals surface area contributed by atoms with E-state index in [9.17, 15) is 0 Å². The molecule has 0 aromatic rings. The van der Waals surface area contributed by atoms with Crippen molar-refractivity contribution in [2.75, 3.05) is 6.54 Å². The highest BCUT2D eigenvalue weighted by Gasteiger charge is 2.27. The first-order valence-corrected chi connectivity index (χ1v) is 4.51. The molecule has 0 saturated heterocycles. The summed E-state index contributed by atoms with van der Waals surface area (Å²) in [6.07, 6.45) is 4.08. The lowest BCUT2D eigenvalue weighted by molar-refractivity contribution is 0.210. The average Bonchev–Trinajstić information content (AvgIpc) is 1.97. The van der Waals surface area contributed by atoms with Crippen LogP contribution in [-0.4, -0.2) is 12.6 Å². The summed E-state index contributed by atoms with van der Waals surface area (Å²) in [6.45, 7) is 5.03. The highest BCUT2D eigenvalue weighted by molar-refractivity contribution is 4.99. The van der Waals surface area contributed by atoms with Gasteiger partial charge < -0.3 is 5.32 Å². The van der Waals surface area contributed by atoms with Gasteiger partial charge in [-0.25, -0.2) is 0 Å². The molecule has 1 N–H and O–H groups in total. The lowest BCUT2D eigenvalue weighted by Gasteiger charge is -2.36. The molecule has 0 aromatic heterocycles. The van der Waals surface area contributed by atoms with Crippen molar-refractivity contribution in [2.45, 2.75) is 39.2 Å². The molecule has 1 heteroatoms. The second-order valence-corrected chi connectivity index (χ2v) is 3.16. The molecule has 0 aliphatic heterocycles. The van der Waals surface area contributed by atoms with Gasteiger partial charge in [-0.2, -0.15) is 0 Å². The quantitative estimate of drug-likeness (QED) is 0.606. The SMILES string of the molecule is CC#CCNC1CCC1CC. The van der Waals surface area contributed by atoms with E-state index >= 15 is 0 Å². The van der Waals surface area contributed by atoms with Gasteiger partial charge >= 0.3 is 0 Å². The predicted molar refractivity (Wildman–Crippen MR) is 48.3 cm³/mol. The summed E-state index contributed by atoms with van der Waals surface area (Å²) in [7, 11) is 0. The standard InChI is InChI=1S/C10H17N/c1-3-5-8-11-10-7-6-9(10)4-2/h9-11H,4,6-8H2,1-2H3. The van der Waals surface area contributed by atoms with E-state index < -0.39 is 0 Å². The third-order valence-corrected chi connectivity index (χ3v) is 2.57. The predicted octanol–water partition coefficient (Wildman–Crippen LogP) is 1.79. The van der Waals surface area contributed by atoms with Crippen LogP contribution in [-0.2, 0) is 0 Å². The van der Waals surface area contributed by atoms with Gasteiger partial charge in [0.15, 0.2) is 0 Å². The van der Waals surface area contributed by atoms with Crippen LogP contribution in [0.3, 0.4) is 0 Å². The summed E-state index contributed by atoms with van der Waals surface area (Å²) in [6, 6.07) is 0.765. The fraction of sp³-hybridized carbons (Fsp3) is 0.800. The van der Waals surface area contributed by atoms with Crippen molar-refractivity contribution in [3.05, 3.63) is 0 Å². The highest BCUT2D eigenvalue weighted by Crippen LogP contribution is 2.29. The van der Waals surface area contributed by atoms with Crippen LogP contribution in [0.1, 0.15) is 33.1 Å². The van der Waals surface area contributed by atoms with Crippen LogP contribution in [0.5, 0.6) is 0 Å². The van der Waals surface area contributed by atoms with Crippen LogP contribution in [0.4, 0.5) is 0 Å². The molecule has 62 valence electrons. The van der Waals surface area contributed by atoms with E-state index in [2.05, 4.69) is 24.1 Å². The fourth-order valence-electron chi connectivity index (χ4n) is 1.60. The van der Waals surface area contributed by atoms with Crippen LogP contribution in [0.15, 0.2) is 0 Å². The first kappa shape index (κ1) is 8.62. The zero-order chi connectivity index (χ0) is 8.10. The van der Waals surface area contributed by atoms with Gasteiger partial charge in [0.1, 0.15) is 0 Å². The Hall–Kier alpha value is -0.480. The second kappa shape index (κ2) is 4.41. The molecule has 1 aliphatic rings. The molecule has 0 bridgehead atoms. The van der Waals surface area contributed by atoms with Gasteiger partial charge in [0.25, 0.3) is 0 Å². The number of hydrogen-bond donors (Lipinski definition) is 1. The summed E-state index contributed by atoms with van der Waals surface area (Å²) in [4.78, 5) is 0. The third-order valence-electron chi connectivity index (χ3n) is 2.57. The summed E-state index contributed by atoms with van der Waals surface area (Å²) < 4.78 is 0. The zero-order valence-corrected chi connectivity index (χ0v) is 7.48. The summed E-state index contributed by atoms with van der Waals surface area (Å²) in [5.41, 5.74) is 0. The van der Waals surface area contributed by atoms with Crippen molar-refractivity contribution < 1.29 is 0 Å². The van der Waals surface area contributed by atoms with Gasteiger partial charge in [-0.1, -0.05) is 19.3 Å².